The molecule has 0 saturated carbocycles. The van der Waals surface area contributed by atoms with E-state index in [1.54, 1.807) is 14.0 Å². The summed E-state index contributed by atoms with van der Waals surface area (Å²) in [5, 5.41) is 0. The van der Waals surface area contributed by atoms with Gasteiger partial charge in [0.1, 0.15) is 6.54 Å². The molecule has 16 heavy (non-hydrogen) atoms. The number of hydrogen-bond acceptors (Lipinski definition) is 4. The Kier molecular flexibility index (Phi) is 5.44. The molecule has 0 aliphatic heterocycles. The molecule has 1 atom stereocenters. The molecule has 94 valence electrons. The molecule has 2 N–H and O–H groups in total. The highest BCUT2D eigenvalue weighted by molar-refractivity contribution is 5.85. The van der Waals surface area contributed by atoms with Crippen molar-refractivity contribution in [2.24, 2.45) is 11.1 Å². The van der Waals surface area contributed by atoms with Gasteiger partial charge in [-0.2, -0.15) is 0 Å². The average Bonchev–Trinajstić information content (AvgIpc) is 2.14. The molecule has 0 bridgehead atoms. The molecule has 5 heteroatoms. The molecule has 0 aromatic rings. The van der Waals surface area contributed by atoms with E-state index in [0.29, 0.717) is 6.61 Å². The number of carbonyl (C=O) groups excluding carboxylic acids is 2. The van der Waals surface area contributed by atoms with Gasteiger partial charge in [-0.3, -0.25) is 9.59 Å². The molecular formula is C11H22N2O3. The summed E-state index contributed by atoms with van der Waals surface area (Å²) in [5.41, 5.74) is 5.48. The maximum atomic E-state index is 11.8. The molecule has 0 aromatic heterocycles. The lowest BCUT2D eigenvalue weighted by Crippen LogP contribution is -2.50. The number of carbonyl (C=O) groups is 2. The third-order valence-electron chi connectivity index (χ3n) is 2.25. The standard InChI is InChI=1S/C11H22N2O3/c1-6-16-8(14)7-13(5)10(15)9(12)11(2,3)4/h9H,6-7,12H2,1-5H3. The Balaban J connectivity index is 4.34. The Morgan fingerprint density at radius 1 is 1.38 bits per heavy atom. The highest BCUT2D eigenvalue weighted by Gasteiger charge is 2.30. The van der Waals surface area contributed by atoms with Crippen LogP contribution in [0.2, 0.25) is 0 Å². The van der Waals surface area contributed by atoms with Crippen LogP contribution in [0.5, 0.6) is 0 Å². The van der Waals surface area contributed by atoms with Gasteiger partial charge >= 0.3 is 5.97 Å². The maximum Gasteiger partial charge on any atom is 0.325 e. The minimum absolute atomic E-state index is 0.0591. The maximum absolute atomic E-state index is 11.8. The normalized spacial score (nSPS) is 13.1. The SMILES string of the molecule is CCOC(=O)CN(C)C(=O)C(N)C(C)(C)C. The van der Waals surface area contributed by atoms with Crippen molar-refractivity contribution >= 4 is 11.9 Å². The Labute approximate surface area is 96.9 Å². The van der Waals surface area contributed by atoms with Crippen LogP contribution in [-0.4, -0.2) is 43.0 Å². The van der Waals surface area contributed by atoms with Gasteiger partial charge < -0.3 is 15.4 Å². The van der Waals surface area contributed by atoms with Crippen LogP contribution in [0, 0.1) is 5.41 Å². The molecule has 0 aliphatic carbocycles. The fraction of sp³-hybridized carbons (Fsp3) is 0.818. The zero-order chi connectivity index (χ0) is 12.9. The fourth-order valence-corrected chi connectivity index (χ4v) is 1.09. The van der Waals surface area contributed by atoms with Crippen molar-refractivity contribution in [3.63, 3.8) is 0 Å². The average molecular weight is 230 g/mol. The Bertz CT molecular complexity index is 258. The summed E-state index contributed by atoms with van der Waals surface area (Å²) in [5.74, 6) is -0.667. The highest BCUT2D eigenvalue weighted by Crippen LogP contribution is 2.18. The molecule has 0 fully saturated rings. The quantitative estimate of drug-likeness (QED) is 0.709. The largest absolute Gasteiger partial charge is 0.465 e. The van der Waals surface area contributed by atoms with Crippen molar-refractivity contribution in [1.29, 1.82) is 0 Å². The molecular weight excluding hydrogens is 208 g/mol. The van der Waals surface area contributed by atoms with Crippen LogP contribution >= 0.6 is 0 Å². The van der Waals surface area contributed by atoms with Gasteiger partial charge in [-0.05, 0) is 12.3 Å². The van der Waals surface area contributed by atoms with E-state index in [1.165, 1.54) is 4.90 Å². The van der Waals surface area contributed by atoms with Crippen molar-refractivity contribution < 1.29 is 14.3 Å². The van der Waals surface area contributed by atoms with E-state index in [1.807, 2.05) is 20.8 Å². The second-order valence-corrected chi connectivity index (χ2v) is 4.84. The predicted molar refractivity (Wildman–Crippen MR) is 61.7 cm³/mol. The van der Waals surface area contributed by atoms with Crippen LogP contribution in [0.3, 0.4) is 0 Å². The first-order valence-corrected chi connectivity index (χ1v) is 5.36. The Morgan fingerprint density at radius 3 is 2.25 bits per heavy atom. The van der Waals surface area contributed by atoms with Gasteiger partial charge in [0.25, 0.3) is 0 Å². The van der Waals surface area contributed by atoms with Crippen molar-refractivity contribution in [2.75, 3.05) is 20.2 Å². The number of nitrogens with zero attached hydrogens (tertiary/aromatic N) is 1. The lowest BCUT2D eigenvalue weighted by molar-refractivity contribution is -0.149. The molecule has 0 rings (SSSR count). The molecule has 0 aliphatic rings. The summed E-state index contributed by atoms with van der Waals surface area (Å²) < 4.78 is 4.75. The summed E-state index contributed by atoms with van der Waals surface area (Å²) in [4.78, 5) is 24.3. The summed E-state index contributed by atoms with van der Waals surface area (Å²) in [6.07, 6.45) is 0. The van der Waals surface area contributed by atoms with Crippen LogP contribution in [0.15, 0.2) is 0 Å². The smallest absolute Gasteiger partial charge is 0.325 e. The van der Waals surface area contributed by atoms with Crippen LogP contribution in [0.1, 0.15) is 27.7 Å². The molecule has 1 amide bonds. The fourth-order valence-electron chi connectivity index (χ4n) is 1.09. The first-order chi connectivity index (χ1) is 7.20. The minimum atomic E-state index is -0.619. The third kappa shape index (κ3) is 4.61. The number of rotatable bonds is 4. The summed E-state index contributed by atoms with van der Waals surface area (Å²) >= 11 is 0. The van der Waals surface area contributed by atoms with Crippen molar-refractivity contribution in [3.8, 4) is 0 Å². The topological polar surface area (TPSA) is 72.6 Å². The van der Waals surface area contributed by atoms with E-state index in [0.717, 1.165) is 0 Å². The van der Waals surface area contributed by atoms with E-state index in [2.05, 4.69) is 0 Å². The molecule has 0 radical (unpaired) electrons. The van der Waals surface area contributed by atoms with Crippen LogP contribution in [0.25, 0.3) is 0 Å². The highest BCUT2D eigenvalue weighted by atomic mass is 16.5. The van der Waals surface area contributed by atoms with Crippen molar-refractivity contribution in [2.45, 2.75) is 33.7 Å². The second-order valence-electron chi connectivity index (χ2n) is 4.84. The predicted octanol–water partition coefficient (Wildman–Crippen LogP) is 0.381. The lowest BCUT2D eigenvalue weighted by Gasteiger charge is -2.29. The Morgan fingerprint density at radius 2 is 1.88 bits per heavy atom. The monoisotopic (exact) mass is 230 g/mol. The van der Waals surface area contributed by atoms with E-state index < -0.39 is 12.0 Å². The first kappa shape index (κ1) is 14.9. The molecule has 0 spiro atoms. The van der Waals surface area contributed by atoms with Gasteiger partial charge in [0, 0.05) is 7.05 Å². The van der Waals surface area contributed by atoms with Gasteiger partial charge in [0.05, 0.1) is 12.6 Å². The molecule has 0 aromatic carbocycles. The second kappa shape index (κ2) is 5.84. The van der Waals surface area contributed by atoms with Gasteiger partial charge in [-0.1, -0.05) is 20.8 Å². The molecule has 0 heterocycles. The first-order valence-electron chi connectivity index (χ1n) is 5.36. The van der Waals surface area contributed by atoms with Gasteiger partial charge in [0.15, 0.2) is 0 Å². The third-order valence-corrected chi connectivity index (χ3v) is 2.25. The van der Waals surface area contributed by atoms with E-state index in [4.69, 9.17) is 10.5 Å². The van der Waals surface area contributed by atoms with Gasteiger partial charge in [0.2, 0.25) is 5.91 Å². The van der Waals surface area contributed by atoms with Crippen LogP contribution in [0.4, 0.5) is 0 Å². The van der Waals surface area contributed by atoms with E-state index in [-0.39, 0.29) is 17.9 Å². The van der Waals surface area contributed by atoms with Gasteiger partial charge in [-0.25, -0.2) is 0 Å². The minimum Gasteiger partial charge on any atom is -0.465 e. The molecule has 1 unspecified atom stereocenters. The number of esters is 1. The number of ether oxygens (including phenoxy) is 1. The van der Waals surface area contributed by atoms with E-state index >= 15 is 0 Å². The van der Waals surface area contributed by atoms with Crippen molar-refractivity contribution in [1.82, 2.24) is 4.90 Å². The van der Waals surface area contributed by atoms with E-state index in [9.17, 15) is 9.59 Å². The molecule has 0 saturated heterocycles. The number of likely N-dealkylation sites (N-methyl/N-ethyl adjacent to an activating group) is 1. The Hall–Kier alpha value is -1.10. The molecule has 5 nitrogen and oxygen atoms in total. The number of amides is 1. The van der Waals surface area contributed by atoms with Crippen molar-refractivity contribution in [3.05, 3.63) is 0 Å². The summed E-state index contributed by atoms with van der Waals surface area (Å²) in [7, 11) is 1.55. The number of nitrogens with two attached hydrogens (primary N) is 1. The number of hydrogen-bond donors (Lipinski definition) is 1. The zero-order valence-electron chi connectivity index (χ0n) is 10.7. The van der Waals surface area contributed by atoms with Crippen LogP contribution in [-0.2, 0) is 14.3 Å². The zero-order valence-corrected chi connectivity index (χ0v) is 10.7. The summed E-state index contributed by atoms with van der Waals surface area (Å²) in [6, 6.07) is -0.619. The lowest BCUT2D eigenvalue weighted by atomic mass is 9.86. The van der Waals surface area contributed by atoms with Gasteiger partial charge in [-0.15, -0.1) is 0 Å². The summed E-state index contributed by atoms with van der Waals surface area (Å²) in [6.45, 7) is 7.62. The van der Waals surface area contributed by atoms with Crippen LogP contribution < -0.4 is 5.73 Å².